The first kappa shape index (κ1) is 23.6. The first-order chi connectivity index (χ1) is 16.2. The maximum absolute atomic E-state index is 12.4. The number of aliphatic imine (C=N–C) groups is 1. The Labute approximate surface area is 204 Å². The molecule has 0 amide bonds. The third-order valence-electron chi connectivity index (χ3n) is 5.45. The summed E-state index contributed by atoms with van der Waals surface area (Å²) in [6, 6.07) is 20.8. The van der Waals surface area contributed by atoms with E-state index >= 15 is 0 Å². The molecule has 3 aromatic carbocycles. The second kappa shape index (κ2) is 9.74. The van der Waals surface area contributed by atoms with E-state index in [1.54, 1.807) is 25.3 Å². The number of carbonyl (C=O) groups is 1. The molecular formula is C28H26ClNO4. The normalized spacial score (nSPS) is 14.7. The standard InChI is InChI=1S/C28H26ClNO4/c1-28(2,3)21-12-10-19(11-13-21)26-30-23(27(31)34-26)15-18-9-14-24(25(16-18)32-4)33-17-20-7-5-6-8-22(20)29/h5-16H,17H2,1-4H3/b23-15+. The number of carbonyl (C=O) groups excluding carboxylic acids is 1. The van der Waals surface area contributed by atoms with Gasteiger partial charge in [0.25, 0.3) is 0 Å². The molecule has 0 aromatic heterocycles. The fourth-order valence-corrected chi connectivity index (χ4v) is 3.66. The summed E-state index contributed by atoms with van der Waals surface area (Å²) < 4.78 is 16.8. The SMILES string of the molecule is COc1cc(/C=C2/N=C(c3ccc(C(C)(C)C)cc3)OC2=O)ccc1OCc1ccccc1Cl. The van der Waals surface area contributed by atoms with Gasteiger partial charge in [-0.05, 0) is 52.9 Å². The maximum Gasteiger partial charge on any atom is 0.363 e. The van der Waals surface area contributed by atoms with Crippen LogP contribution in [0.2, 0.25) is 5.02 Å². The molecule has 34 heavy (non-hydrogen) atoms. The van der Waals surface area contributed by atoms with Gasteiger partial charge in [-0.25, -0.2) is 9.79 Å². The molecule has 1 aliphatic rings. The summed E-state index contributed by atoms with van der Waals surface area (Å²) in [5.41, 5.74) is 3.83. The van der Waals surface area contributed by atoms with Crippen molar-refractivity contribution in [3.05, 3.63) is 99.7 Å². The van der Waals surface area contributed by atoms with Gasteiger partial charge in [0.2, 0.25) is 5.90 Å². The molecule has 1 aliphatic heterocycles. The number of methoxy groups -OCH3 is 1. The number of hydrogen-bond acceptors (Lipinski definition) is 5. The molecule has 0 saturated carbocycles. The Morgan fingerprint density at radius 2 is 1.74 bits per heavy atom. The molecule has 0 bridgehead atoms. The number of benzene rings is 3. The van der Waals surface area contributed by atoms with E-state index in [1.165, 1.54) is 5.56 Å². The Bertz CT molecular complexity index is 1270. The van der Waals surface area contributed by atoms with Crippen molar-refractivity contribution in [2.24, 2.45) is 4.99 Å². The zero-order valence-electron chi connectivity index (χ0n) is 19.6. The Morgan fingerprint density at radius 3 is 2.41 bits per heavy atom. The highest BCUT2D eigenvalue weighted by atomic mass is 35.5. The Kier molecular flexibility index (Phi) is 6.75. The van der Waals surface area contributed by atoms with Crippen LogP contribution in [-0.2, 0) is 21.6 Å². The van der Waals surface area contributed by atoms with Gasteiger partial charge in [0, 0.05) is 16.1 Å². The van der Waals surface area contributed by atoms with Crippen molar-refractivity contribution in [3.8, 4) is 11.5 Å². The van der Waals surface area contributed by atoms with E-state index in [2.05, 4.69) is 25.8 Å². The monoisotopic (exact) mass is 475 g/mol. The van der Waals surface area contributed by atoms with Crippen LogP contribution in [0, 0.1) is 0 Å². The number of cyclic esters (lactones) is 1. The third-order valence-corrected chi connectivity index (χ3v) is 5.82. The van der Waals surface area contributed by atoms with Gasteiger partial charge in [0.1, 0.15) is 6.61 Å². The summed E-state index contributed by atoms with van der Waals surface area (Å²) in [5, 5.41) is 0.643. The Morgan fingerprint density at radius 1 is 1.00 bits per heavy atom. The van der Waals surface area contributed by atoms with E-state index in [4.69, 9.17) is 25.8 Å². The van der Waals surface area contributed by atoms with E-state index in [0.29, 0.717) is 29.0 Å². The predicted octanol–water partition coefficient (Wildman–Crippen LogP) is 6.57. The van der Waals surface area contributed by atoms with Crippen LogP contribution in [0.1, 0.15) is 43.0 Å². The molecule has 0 spiro atoms. The molecule has 0 fully saturated rings. The largest absolute Gasteiger partial charge is 0.493 e. The van der Waals surface area contributed by atoms with Crippen molar-refractivity contribution in [1.82, 2.24) is 0 Å². The topological polar surface area (TPSA) is 57.1 Å². The number of hydrogen-bond donors (Lipinski definition) is 0. The highest BCUT2D eigenvalue weighted by Gasteiger charge is 2.25. The number of halogens is 1. The van der Waals surface area contributed by atoms with Gasteiger partial charge in [-0.2, -0.15) is 0 Å². The van der Waals surface area contributed by atoms with Gasteiger partial charge < -0.3 is 14.2 Å². The van der Waals surface area contributed by atoms with Crippen molar-refractivity contribution < 1.29 is 19.0 Å². The average Bonchev–Trinajstić information content (AvgIpc) is 3.18. The van der Waals surface area contributed by atoms with Gasteiger partial charge >= 0.3 is 5.97 Å². The van der Waals surface area contributed by atoms with Gasteiger partial charge in [-0.3, -0.25) is 0 Å². The molecule has 5 nitrogen and oxygen atoms in total. The van der Waals surface area contributed by atoms with Crippen LogP contribution in [0.3, 0.4) is 0 Å². The van der Waals surface area contributed by atoms with Gasteiger partial charge in [-0.1, -0.05) is 68.8 Å². The molecule has 174 valence electrons. The maximum atomic E-state index is 12.4. The second-order valence-electron chi connectivity index (χ2n) is 8.95. The van der Waals surface area contributed by atoms with Crippen LogP contribution in [0.15, 0.2) is 77.4 Å². The van der Waals surface area contributed by atoms with E-state index in [1.807, 2.05) is 54.6 Å². The first-order valence-corrected chi connectivity index (χ1v) is 11.3. The minimum Gasteiger partial charge on any atom is -0.493 e. The fourth-order valence-electron chi connectivity index (χ4n) is 3.47. The summed E-state index contributed by atoms with van der Waals surface area (Å²) in [7, 11) is 1.57. The molecular weight excluding hydrogens is 450 g/mol. The van der Waals surface area contributed by atoms with E-state index in [0.717, 1.165) is 16.7 Å². The minimum absolute atomic E-state index is 0.0417. The molecule has 1 heterocycles. The van der Waals surface area contributed by atoms with Crippen molar-refractivity contribution in [2.75, 3.05) is 7.11 Å². The lowest BCUT2D eigenvalue weighted by Gasteiger charge is -2.18. The summed E-state index contributed by atoms with van der Waals surface area (Å²) in [6.07, 6.45) is 1.67. The Balaban J connectivity index is 1.53. The highest BCUT2D eigenvalue weighted by molar-refractivity contribution is 6.31. The lowest BCUT2D eigenvalue weighted by molar-refractivity contribution is -0.129. The van der Waals surface area contributed by atoms with Crippen molar-refractivity contribution in [1.29, 1.82) is 0 Å². The van der Waals surface area contributed by atoms with Gasteiger partial charge in [-0.15, -0.1) is 0 Å². The van der Waals surface area contributed by atoms with Gasteiger partial charge in [0.15, 0.2) is 17.2 Å². The fraction of sp³-hybridized carbons (Fsp3) is 0.214. The molecule has 0 saturated heterocycles. The third kappa shape index (κ3) is 5.32. The lowest BCUT2D eigenvalue weighted by atomic mass is 9.87. The molecule has 0 atom stereocenters. The molecule has 0 radical (unpaired) electrons. The van der Waals surface area contributed by atoms with Crippen molar-refractivity contribution in [2.45, 2.75) is 32.8 Å². The lowest BCUT2D eigenvalue weighted by Crippen LogP contribution is -2.11. The number of nitrogens with zero attached hydrogens (tertiary/aromatic N) is 1. The molecule has 6 heteroatoms. The van der Waals surface area contributed by atoms with Crippen LogP contribution in [-0.4, -0.2) is 19.0 Å². The Hall–Kier alpha value is -3.57. The number of ether oxygens (including phenoxy) is 3. The van der Waals surface area contributed by atoms with Crippen LogP contribution in [0.4, 0.5) is 0 Å². The molecule has 0 unspecified atom stereocenters. The van der Waals surface area contributed by atoms with Crippen LogP contribution >= 0.6 is 11.6 Å². The van der Waals surface area contributed by atoms with E-state index < -0.39 is 5.97 Å². The highest BCUT2D eigenvalue weighted by Crippen LogP contribution is 2.31. The zero-order chi connectivity index (χ0) is 24.3. The second-order valence-corrected chi connectivity index (χ2v) is 9.36. The summed E-state index contributed by atoms with van der Waals surface area (Å²) >= 11 is 6.21. The molecule has 0 N–H and O–H groups in total. The van der Waals surface area contributed by atoms with E-state index in [-0.39, 0.29) is 11.1 Å². The average molecular weight is 476 g/mol. The number of esters is 1. The smallest absolute Gasteiger partial charge is 0.363 e. The quantitative estimate of drug-likeness (QED) is 0.299. The minimum atomic E-state index is -0.493. The molecule has 0 aliphatic carbocycles. The van der Waals surface area contributed by atoms with Crippen LogP contribution in [0.25, 0.3) is 6.08 Å². The predicted molar refractivity (Wildman–Crippen MR) is 135 cm³/mol. The first-order valence-electron chi connectivity index (χ1n) is 10.9. The van der Waals surface area contributed by atoms with Crippen molar-refractivity contribution >= 4 is 29.5 Å². The molecule has 3 aromatic rings. The molecule has 4 rings (SSSR count). The number of rotatable bonds is 6. The summed E-state index contributed by atoms with van der Waals surface area (Å²) in [4.78, 5) is 16.8. The van der Waals surface area contributed by atoms with E-state index in [9.17, 15) is 4.79 Å². The summed E-state index contributed by atoms with van der Waals surface area (Å²) in [6.45, 7) is 6.76. The summed E-state index contributed by atoms with van der Waals surface area (Å²) in [5.74, 6) is 0.910. The van der Waals surface area contributed by atoms with Crippen molar-refractivity contribution in [3.63, 3.8) is 0 Å². The van der Waals surface area contributed by atoms with Crippen LogP contribution < -0.4 is 9.47 Å². The van der Waals surface area contributed by atoms with Gasteiger partial charge in [0.05, 0.1) is 7.11 Å². The zero-order valence-corrected chi connectivity index (χ0v) is 20.3. The van der Waals surface area contributed by atoms with Crippen LogP contribution in [0.5, 0.6) is 11.5 Å².